The van der Waals surface area contributed by atoms with Crippen molar-refractivity contribution >= 4 is 17.6 Å². The summed E-state index contributed by atoms with van der Waals surface area (Å²) in [6.07, 6.45) is 2.10. The summed E-state index contributed by atoms with van der Waals surface area (Å²) in [4.78, 5) is 11.7. The molecule has 1 atom stereocenters. The predicted molar refractivity (Wildman–Crippen MR) is 133 cm³/mol. The number of aromatic nitrogens is 3. The second-order valence-corrected chi connectivity index (χ2v) is 8.57. The predicted octanol–water partition coefficient (Wildman–Crippen LogP) is 3.02. The highest BCUT2D eigenvalue weighted by Crippen LogP contribution is 2.21. The van der Waals surface area contributed by atoms with E-state index < -0.39 is 0 Å². The second-order valence-electron chi connectivity index (χ2n) is 8.57. The Hall–Kier alpha value is -2.85. The standard InChI is InChI=1S/C21H33N9O.C2H6/c1-13(2)16-10-19(28-27-16)24-18-11-20(30-7-5-22-6-8-30)26-21(25-18)23-12-15-9-17(14(3)4)29-31-15;1-2/h9-11,13-14,19,22,27-28H,5-8,12H2,1-4H3,(H2,23,24,25,26);1-2H3. The van der Waals surface area contributed by atoms with Crippen LogP contribution < -0.4 is 31.7 Å². The molecule has 10 heteroatoms. The van der Waals surface area contributed by atoms with Gasteiger partial charge in [-0.15, -0.1) is 0 Å². The molecule has 4 rings (SSSR count). The van der Waals surface area contributed by atoms with Gasteiger partial charge in [-0.25, -0.2) is 5.43 Å². The van der Waals surface area contributed by atoms with Crippen molar-refractivity contribution < 1.29 is 4.52 Å². The fourth-order valence-electron chi connectivity index (χ4n) is 3.49. The Labute approximate surface area is 197 Å². The van der Waals surface area contributed by atoms with Gasteiger partial charge in [0.25, 0.3) is 0 Å². The zero-order valence-electron chi connectivity index (χ0n) is 20.7. The molecule has 2 aromatic rings. The van der Waals surface area contributed by atoms with Crippen LogP contribution in [0, 0.1) is 5.92 Å². The smallest absolute Gasteiger partial charge is 0.226 e. The van der Waals surface area contributed by atoms with Gasteiger partial charge >= 0.3 is 0 Å². The summed E-state index contributed by atoms with van der Waals surface area (Å²) in [6, 6.07) is 3.98. The molecule has 0 amide bonds. The van der Waals surface area contributed by atoms with Gasteiger partial charge in [-0.1, -0.05) is 46.7 Å². The summed E-state index contributed by atoms with van der Waals surface area (Å²) < 4.78 is 5.44. The summed E-state index contributed by atoms with van der Waals surface area (Å²) in [7, 11) is 0. The lowest BCUT2D eigenvalue weighted by Crippen LogP contribution is -2.44. The second kappa shape index (κ2) is 11.9. The highest BCUT2D eigenvalue weighted by atomic mass is 16.5. The first-order chi connectivity index (χ1) is 16.0. The van der Waals surface area contributed by atoms with E-state index in [1.165, 1.54) is 5.70 Å². The summed E-state index contributed by atoms with van der Waals surface area (Å²) in [6.45, 7) is 16.7. The minimum atomic E-state index is -0.0427. The average Bonchev–Trinajstić information content (AvgIpc) is 3.50. The highest BCUT2D eigenvalue weighted by molar-refractivity contribution is 5.55. The first kappa shape index (κ1) is 24.8. The Morgan fingerprint density at radius 1 is 1.09 bits per heavy atom. The van der Waals surface area contributed by atoms with E-state index in [2.05, 4.69) is 75.6 Å². The first-order valence-corrected chi connectivity index (χ1v) is 12.0. The van der Waals surface area contributed by atoms with Crippen LogP contribution in [0.1, 0.15) is 58.9 Å². The van der Waals surface area contributed by atoms with Gasteiger partial charge in [0.15, 0.2) is 5.76 Å². The van der Waals surface area contributed by atoms with Crippen molar-refractivity contribution in [3.8, 4) is 0 Å². The van der Waals surface area contributed by atoms with Crippen LogP contribution in [-0.2, 0) is 6.54 Å². The van der Waals surface area contributed by atoms with Crippen molar-refractivity contribution in [3.05, 3.63) is 35.4 Å². The Bertz CT molecular complexity index is 903. The first-order valence-electron chi connectivity index (χ1n) is 12.0. The lowest BCUT2D eigenvalue weighted by atomic mass is 10.1. The van der Waals surface area contributed by atoms with Crippen LogP contribution in [0.3, 0.4) is 0 Å². The maximum Gasteiger partial charge on any atom is 0.226 e. The number of nitrogens with zero attached hydrogens (tertiary/aromatic N) is 4. The van der Waals surface area contributed by atoms with Crippen LogP contribution in [0.15, 0.2) is 28.4 Å². The largest absolute Gasteiger partial charge is 0.359 e. The van der Waals surface area contributed by atoms with Gasteiger partial charge < -0.3 is 30.8 Å². The van der Waals surface area contributed by atoms with Gasteiger partial charge in [-0.2, -0.15) is 9.97 Å². The maximum atomic E-state index is 5.44. The fourth-order valence-corrected chi connectivity index (χ4v) is 3.49. The third-order valence-corrected chi connectivity index (χ3v) is 5.39. The minimum absolute atomic E-state index is 0.0427. The average molecular weight is 458 g/mol. The summed E-state index contributed by atoms with van der Waals surface area (Å²) >= 11 is 0. The zero-order chi connectivity index (χ0) is 23.8. The molecular formula is C23H39N9O. The number of allylic oxidation sites excluding steroid dienone is 1. The van der Waals surface area contributed by atoms with Crippen molar-refractivity contribution in [2.45, 2.75) is 60.2 Å². The number of hydrogen-bond acceptors (Lipinski definition) is 10. The number of nitrogens with one attached hydrogen (secondary N) is 5. The Morgan fingerprint density at radius 2 is 1.85 bits per heavy atom. The van der Waals surface area contributed by atoms with E-state index in [-0.39, 0.29) is 6.17 Å². The van der Waals surface area contributed by atoms with Crippen molar-refractivity contribution in [3.63, 3.8) is 0 Å². The molecule has 1 unspecified atom stereocenters. The maximum absolute atomic E-state index is 5.44. The van der Waals surface area contributed by atoms with Gasteiger partial charge in [-0.05, 0) is 17.9 Å². The number of piperazine rings is 1. The van der Waals surface area contributed by atoms with E-state index in [0.717, 1.165) is 49.3 Å². The van der Waals surface area contributed by atoms with Crippen LogP contribution in [0.4, 0.5) is 17.6 Å². The number of hydrazine groups is 1. The molecule has 1 saturated heterocycles. The molecule has 5 N–H and O–H groups in total. The van der Waals surface area contributed by atoms with Gasteiger partial charge in [-0.3, -0.25) is 0 Å². The van der Waals surface area contributed by atoms with Crippen LogP contribution >= 0.6 is 0 Å². The Morgan fingerprint density at radius 3 is 2.48 bits per heavy atom. The molecule has 10 nitrogen and oxygen atoms in total. The molecule has 2 aliphatic rings. The molecule has 0 aliphatic carbocycles. The van der Waals surface area contributed by atoms with E-state index in [9.17, 15) is 0 Å². The van der Waals surface area contributed by atoms with Gasteiger partial charge in [0, 0.05) is 44.0 Å². The Kier molecular flexibility index (Phi) is 8.90. The molecule has 1 fully saturated rings. The molecule has 2 aromatic heterocycles. The number of rotatable bonds is 8. The SMILES string of the molecule is CC.CC(C)C1=CC(Nc2cc(N3CCNCC3)nc(NCc3cc(C(C)C)no3)n2)NN1. The quantitative estimate of drug-likeness (QED) is 0.405. The lowest BCUT2D eigenvalue weighted by Gasteiger charge is -2.29. The van der Waals surface area contributed by atoms with E-state index in [0.29, 0.717) is 24.3 Å². The van der Waals surface area contributed by atoms with Crippen molar-refractivity contribution in [2.75, 3.05) is 41.7 Å². The molecule has 2 aliphatic heterocycles. The normalized spacial score (nSPS) is 18.0. The van der Waals surface area contributed by atoms with E-state index in [1.54, 1.807) is 0 Å². The monoisotopic (exact) mass is 457 g/mol. The molecule has 0 radical (unpaired) electrons. The number of hydrogen-bond donors (Lipinski definition) is 5. The number of anilines is 3. The molecule has 4 heterocycles. The van der Waals surface area contributed by atoms with Crippen molar-refractivity contribution in [2.24, 2.45) is 5.92 Å². The van der Waals surface area contributed by atoms with Crippen LogP contribution in [-0.4, -0.2) is 47.5 Å². The molecule has 0 bridgehead atoms. The third kappa shape index (κ3) is 6.82. The van der Waals surface area contributed by atoms with Crippen LogP contribution in [0.2, 0.25) is 0 Å². The van der Waals surface area contributed by atoms with E-state index in [4.69, 9.17) is 9.51 Å². The van der Waals surface area contributed by atoms with E-state index >= 15 is 0 Å². The molecular weight excluding hydrogens is 418 g/mol. The van der Waals surface area contributed by atoms with Gasteiger partial charge in [0.05, 0.1) is 12.2 Å². The van der Waals surface area contributed by atoms with Gasteiger partial charge in [0.1, 0.15) is 17.8 Å². The molecule has 0 spiro atoms. The Balaban J connectivity index is 0.00000149. The van der Waals surface area contributed by atoms with Crippen molar-refractivity contribution in [1.29, 1.82) is 0 Å². The molecule has 0 aromatic carbocycles. The van der Waals surface area contributed by atoms with Crippen molar-refractivity contribution in [1.82, 2.24) is 31.3 Å². The minimum Gasteiger partial charge on any atom is -0.359 e. The van der Waals surface area contributed by atoms with E-state index in [1.807, 2.05) is 26.0 Å². The topological polar surface area (TPSA) is 115 Å². The third-order valence-electron chi connectivity index (χ3n) is 5.39. The molecule has 33 heavy (non-hydrogen) atoms. The highest BCUT2D eigenvalue weighted by Gasteiger charge is 2.19. The molecule has 0 saturated carbocycles. The lowest BCUT2D eigenvalue weighted by molar-refractivity contribution is 0.379. The summed E-state index contributed by atoms with van der Waals surface area (Å²) in [5.41, 5.74) is 8.59. The van der Waals surface area contributed by atoms with Gasteiger partial charge in [0.2, 0.25) is 5.95 Å². The summed E-state index contributed by atoms with van der Waals surface area (Å²) in [5.74, 6) is 3.74. The molecule has 182 valence electrons. The zero-order valence-corrected chi connectivity index (χ0v) is 20.7. The summed E-state index contributed by atoms with van der Waals surface area (Å²) in [5, 5.41) is 14.2. The fraction of sp³-hybridized carbons (Fsp3) is 0.609. The van der Waals surface area contributed by atoms with Crippen LogP contribution in [0.25, 0.3) is 0 Å². The van der Waals surface area contributed by atoms with Crippen LogP contribution in [0.5, 0.6) is 0 Å².